The smallest absolute Gasteiger partial charge is 0.0701 e. The third kappa shape index (κ3) is 4.74. The summed E-state index contributed by atoms with van der Waals surface area (Å²) in [6.07, 6.45) is 0. The molecule has 0 radical (unpaired) electrons. The minimum absolute atomic E-state index is 0.106. The van der Waals surface area contributed by atoms with Crippen LogP contribution in [0.4, 0.5) is 0 Å². The van der Waals surface area contributed by atoms with Crippen molar-refractivity contribution in [3.8, 4) is 0 Å². The highest BCUT2D eigenvalue weighted by atomic mass is 32.2. The number of methoxy groups -OCH3 is 1. The molecular weight excluding hydrogens is 210 g/mol. The van der Waals surface area contributed by atoms with E-state index in [2.05, 4.69) is 10.0 Å². The first-order valence-electron chi connectivity index (χ1n) is 4.58. The third-order valence-corrected chi connectivity index (χ3v) is 2.92. The number of azide groups is 1. The molecule has 0 aliphatic heterocycles. The van der Waals surface area contributed by atoms with Crippen LogP contribution in [0.2, 0.25) is 0 Å². The van der Waals surface area contributed by atoms with Crippen molar-refractivity contribution in [3.05, 3.63) is 40.8 Å². The molecule has 80 valence electrons. The molecule has 15 heavy (non-hydrogen) atoms. The van der Waals surface area contributed by atoms with Crippen LogP contribution < -0.4 is 0 Å². The van der Waals surface area contributed by atoms with Crippen molar-refractivity contribution < 1.29 is 4.74 Å². The van der Waals surface area contributed by atoms with Crippen LogP contribution in [-0.2, 0) is 4.74 Å². The van der Waals surface area contributed by atoms with Gasteiger partial charge in [-0.05, 0) is 17.7 Å². The van der Waals surface area contributed by atoms with Crippen molar-refractivity contribution in [2.24, 2.45) is 5.11 Å². The maximum absolute atomic E-state index is 8.35. The van der Waals surface area contributed by atoms with E-state index in [9.17, 15) is 0 Å². The van der Waals surface area contributed by atoms with E-state index in [0.29, 0.717) is 6.61 Å². The summed E-state index contributed by atoms with van der Waals surface area (Å²) in [5.41, 5.74) is 8.35. The van der Waals surface area contributed by atoms with Gasteiger partial charge in [0.25, 0.3) is 0 Å². The lowest BCUT2D eigenvalue weighted by Gasteiger charge is -2.08. The average molecular weight is 223 g/mol. The third-order valence-electron chi connectivity index (χ3n) is 1.76. The molecule has 0 spiro atoms. The molecule has 0 fully saturated rings. The quantitative estimate of drug-likeness (QED) is 0.322. The highest BCUT2D eigenvalue weighted by molar-refractivity contribution is 7.99. The molecule has 1 aromatic rings. The van der Waals surface area contributed by atoms with Crippen LogP contribution in [0.5, 0.6) is 0 Å². The fraction of sp³-hybridized carbons (Fsp3) is 0.400. The van der Waals surface area contributed by atoms with Gasteiger partial charge >= 0.3 is 0 Å². The number of thioether (sulfide) groups is 1. The Morgan fingerprint density at radius 2 is 2.20 bits per heavy atom. The second kappa shape index (κ2) is 7.17. The number of nitrogens with zero attached hydrogens (tertiary/aromatic N) is 3. The largest absolute Gasteiger partial charge is 0.384 e. The van der Waals surface area contributed by atoms with Gasteiger partial charge in [-0.25, -0.2) is 0 Å². The lowest BCUT2D eigenvalue weighted by atomic mass is 10.4. The molecule has 0 saturated carbocycles. The first-order valence-corrected chi connectivity index (χ1v) is 5.56. The molecule has 1 aromatic carbocycles. The standard InChI is InChI=1S/C10H13N3OS/c1-14-7-9(12-13-11)8-15-10-5-3-2-4-6-10/h2-6,9H,7-8H2,1H3. The molecule has 0 saturated heterocycles. The van der Waals surface area contributed by atoms with E-state index in [1.165, 1.54) is 4.90 Å². The Morgan fingerprint density at radius 3 is 2.80 bits per heavy atom. The van der Waals surface area contributed by atoms with Crippen LogP contribution in [0.1, 0.15) is 0 Å². The van der Waals surface area contributed by atoms with E-state index >= 15 is 0 Å². The topological polar surface area (TPSA) is 58.0 Å². The van der Waals surface area contributed by atoms with Crippen LogP contribution in [0.25, 0.3) is 10.4 Å². The number of hydrogen-bond acceptors (Lipinski definition) is 3. The maximum Gasteiger partial charge on any atom is 0.0701 e. The minimum atomic E-state index is -0.106. The molecular formula is C10H13N3OS. The van der Waals surface area contributed by atoms with Crippen molar-refractivity contribution in [3.63, 3.8) is 0 Å². The molecule has 1 rings (SSSR count). The van der Waals surface area contributed by atoms with Crippen molar-refractivity contribution in [1.82, 2.24) is 0 Å². The Morgan fingerprint density at radius 1 is 1.47 bits per heavy atom. The number of benzene rings is 1. The van der Waals surface area contributed by atoms with Crippen LogP contribution in [-0.4, -0.2) is 25.5 Å². The van der Waals surface area contributed by atoms with Gasteiger partial charge in [-0.3, -0.25) is 0 Å². The molecule has 1 unspecified atom stereocenters. The summed E-state index contributed by atoms with van der Waals surface area (Å²) < 4.78 is 4.97. The molecule has 0 amide bonds. The molecule has 0 aliphatic carbocycles. The molecule has 0 N–H and O–H groups in total. The van der Waals surface area contributed by atoms with E-state index in [0.717, 1.165) is 5.75 Å². The summed E-state index contributed by atoms with van der Waals surface area (Å²) in [7, 11) is 1.60. The second-order valence-electron chi connectivity index (χ2n) is 2.94. The monoisotopic (exact) mass is 223 g/mol. The summed E-state index contributed by atoms with van der Waals surface area (Å²) in [4.78, 5) is 3.97. The van der Waals surface area contributed by atoms with Crippen molar-refractivity contribution in [2.45, 2.75) is 10.9 Å². The minimum Gasteiger partial charge on any atom is -0.384 e. The maximum atomic E-state index is 8.35. The fourth-order valence-corrected chi connectivity index (χ4v) is 1.99. The summed E-state index contributed by atoms with van der Waals surface area (Å²) >= 11 is 1.66. The SMILES string of the molecule is COCC(CSc1ccccc1)N=[N+]=[N-]. The average Bonchev–Trinajstić information content (AvgIpc) is 2.28. The molecule has 0 aromatic heterocycles. The molecule has 1 atom stereocenters. The lowest BCUT2D eigenvalue weighted by molar-refractivity contribution is 0.186. The van der Waals surface area contributed by atoms with Crippen molar-refractivity contribution in [2.75, 3.05) is 19.5 Å². The van der Waals surface area contributed by atoms with E-state index in [4.69, 9.17) is 10.3 Å². The summed E-state index contributed by atoms with van der Waals surface area (Å²) in [6, 6.07) is 9.91. The first-order chi connectivity index (χ1) is 7.36. The molecule has 0 aliphatic rings. The number of rotatable bonds is 6. The Labute approximate surface area is 93.3 Å². The number of ether oxygens (including phenoxy) is 1. The zero-order valence-electron chi connectivity index (χ0n) is 8.54. The van der Waals surface area contributed by atoms with Crippen LogP contribution >= 0.6 is 11.8 Å². The van der Waals surface area contributed by atoms with E-state index in [-0.39, 0.29) is 6.04 Å². The highest BCUT2D eigenvalue weighted by Crippen LogP contribution is 2.18. The lowest BCUT2D eigenvalue weighted by Crippen LogP contribution is -2.14. The van der Waals surface area contributed by atoms with Gasteiger partial charge < -0.3 is 4.74 Å². The van der Waals surface area contributed by atoms with E-state index < -0.39 is 0 Å². The van der Waals surface area contributed by atoms with Crippen molar-refractivity contribution >= 4 is 11.8 Å². The Kier molecular flexibility index (Phi) is 5.70. The zero-order valence-corrected chi connectivity index (χ0v) is 9.35. The zero-order chi connectivity index (χ0) is 10.9. The van der Waals surface area contributed by atoms with Gasteiger partial charge in [-0.15, -0.1) is 11.8 Å². The van der Waals surface area contributed by atoms with E-state index in [1.807, 2.05) is 30.3 Å². The van der Waals surface area contributed by atoms with Gasteiger partial charge in [0.05, 0.1) is 12.6 Å². The van der Waals surface area contributed by atoms with Crippen LogP contribution in [0.15, 0.2) is 40.3 Å². The second-order valence-corrected chi connectivity index (χ2v) is 4.03. The molecule has 4 nitrogen and oxygen atoms in total. The predicted octanol–water partition coefficient (Wildman–Crippen LogP) is 3.10. The van der Waals surface area contributed by atoms with Gasteiger partial charge in [0, 0.05) is 22.7 Å². The normalized spacial score (nSPS) is 11.8. The Hall–Kier alpha value is -1.16. The number of hydrogen-bond donors (Lipinski definition) is 0. The Balaban J connectivity index is 2.43. The fourth-order valence-electron chi connectivity index (χ4n) is 1.09. The summed E-state index contributed by atoms with van der Waals surface area (Å²) in [5, 5.41) is 3.66. The predicted molar refractivity (Wildman–Crippen MR) is 62.0 cm³/mol. The highest BCUT2D eigenvalue weighted by Gasteiger charge is 2.06. The molecule has 0 heterocycles. The Bertz CT molecular complexity index is 325. The van der Waals surface area contributed by atoms with Gasteiger partial charge in [0.1, 0.15) is 0 Å². The first kappa shape index (κ1) is 11.9. The summed E-state index contributed by atoms with van der Waals surface area (Å²) in [6.45, 7) is 0.462. The van der Waals surface area contributed by atoms with Gasteiger partial charge in [0.2, 0.25) is 0 Å². The van der Waals surface area contributed by atoms with E-state index in [1.54, 1.807) is 18.9 Å². The summed E-state index contributed by atoms with van der Waals surface area (Å²) in [5.74, 6) is 0.738. The molecule has 5 heteroatoms. The van der Waals surface area contributed by atoms with Gasteiger partial charge in [0.15, 0.2) is 0 Å². The van der Waals surface area contributed by atoms with Crippen molar-refractivity contribution in [1.29, 1.82) is 0 Å². The van der Waals surface area contributed by atoms with Crippen LogP contribution in [0, 0.1) is 0 Å². The van der Waals surface area contributed by atoms with Gasteiger partial charge in [-0.1, -0.05) is 23.3 Å². The molecule has 0 bridgehead atoms. The van der Waals surface area contributed by atoms with Crippen LogP contribution in [0.3, 0.4) is 0 Å². The van der Waals surface area contributed by atoms with Gasteiger partial charge in [-0.2, -0.15) is 0 Å².